The number of pyridine rings is 1. The van der Waals surface area contributed by atoms with Crippen LogP contribution in [0.4, 0.5) is 5.82 Å². The van der Waals surface area contributed by atoms with Gasteiger partial charge in [0.2, 0.25) is 5.91 Å². The highest BCUT2D eigenvalue weighted by molar-refractivity contribution is 5.78. The third-order valence-corrected chi connectivity index (χ3v) is 5.39. The van der Waals surface area contributed by atoms with Crippen molar-refractivity contribution in [1.29, 1.82) is 10.5 Å². The van der Waals surface area contributed by atoms with Gasteiger partial charge in [0.05, 0.1) is 17.8 Å². The van der Waals surface area contributed by atoms with Crippen LogP contribution in [-0.4, -0.2) is 49.3 Å². The number of carbonyl (C=O) groups excluding carboxylic acids is 1. The molecule has 1 aliphatic rings. The molecule has 0 bridgehead atoms. The maximum Gasteiger partial charge on any atom is 0.236 e. The Morgan fingerprint density at radius 2 is 2.17 bits per heavy atom. The van der Waals surface area contributed by atoms with Crippen molar-refractivity contribution < 1.29 is 4.79 Å². The van der Waals surface area contributed by atoms with Gasteiger partial charge in [-0.25, -0.2) is 15.0 Å². The Balaban J connectivity index is 1.58. The molecule has 1 saturated heterocycles. The molecule has 4 rings (SSSR count). The number of piperidine rings is 1. The number of likely N-dealkylation sites (tertiary alicyclic amines) is 1. The van der Waals surface area contributed by atoms with Crippen LogP contribution < -0.4 is 5.32 Å². The lowest BCUT2D eigenvalue weighted by molar-refractivity contribution is -0.131. The van der Waals surface area contributed by atoms with Crippen LogP contribution in [0.3, 0.4) is 0 Å². The van der Waals surface area contributed by atoms with Gasteiger partial charge in [-0.05, 0) is 30.5 Å². The van der Waals surface area contributed by atoms with Gasteiger partial charge in [0.1, 0.15) is 29.6 Å². The van der Waals surface area contributed by atoms with Crippen molar-refractivity contribution in [2.75, 3.05) is 18.4 Å². The van der Waals surface area contributed by atoms with Crippen molar-refractivity contribution in [2.45, 2.75) is 25.8 Å². The minimum absolute atomic E-state index is 0.0246. The Labute approximate surface area is 173 Å². The normalized spacial score (nSPS) is 18.6. The molecule has 1 unspecified atom stereocenters. The zero-order valence-electron chi connectivity index (χ0n) is 16.5. The second kappa shape index (κ2) is 8.18. The molecule has 150 valence electrons. The summed E-state index contributed by atoms with van der Waals surface area (Å²) in [6.45, 7) is 3.33. The third kappa shape index (κ3) is 3.78. The Kier molecular flexibility index (Phi) is 5.27. The Bertz CT molecular complexity index is 1170. The quantitative estimate of drug-likeness (QED) is 0.712. The van der Waals surface area contributed by atoms with E-state index in [-0.39, 0.29) is 18.4 Å². The summed E-state index contributed by atoms with van der Waals surface area (Å²) in [6.07, 6.45) is 5.82. The fourth-order valence-corrected chi connectivity index (χ4v) is 3.63. The van der Waals surface area contributed by atoms with E-state index < -0.39 is 0 Å². The van der Waals surface area contributed by atoms with Crippen molar-refractivity contribution >= 4 is 17.4 Å². The van der Waals surface area contributed by atoms with Gasteiger partial charge in [-0.15, -0.1) is 0 Å². The highest BCUT2D eigenvalue weighted by Crippen LogP contribution is 2.23. The molecule has 4 heterocycles. The zero-order valence-corrected chi connectivity index (χ0v) is 16.5. The Morgan fingerprint density at radius 3 is 2.97 bits per heavy atom. The first-order valence-corrected chi connectivity index (χ1v) is 9.71. The average Bonchev–Trinajstić information content (AvgIpc) is 3.19. The average molecular weight is 400 g/mol. The fraction of sp³-hybridized carbons (Fsp3) is 0.333. The standard InChI is InChI=1S/C21H20N8O/c1-14-6-9-28(20(30)4-7-22)13-16(14)26-18-5-8-24-21(27-18)17-11-25-19-3-2-15(10-23)12-29(17)19/h2-3,5,8,11-12,14,16H,4,6,9,13H2,1H3,(H,24,26,27)/t14-,16?/m1/s1. The molecule has 1 fully saturated rings. The van der Waals surface area contributed by atoms with Gasteiger partial charge in [-0.1, -0.05) is 6.92 Å². The first-order valence-electron chi connectivity index (χ1n) is 9.71. The van der Waals surface area contributed by atoms with Gasteiger partial charge in [0, 0.05) is 31.5 Å². The molecule has 0 spiro atoms. The predicted octanol–water partition coefficient (Wildman–Crippen LogP) is 2.23. The number of nitrogens with zero attached hydrogens (tertiary/aromatic N) is 7. The first kappa shape index (κ1) is 19.3. The van der Waals surface area contributed by atoms with E-state index in [1.54, 1.807) is 46.1 Å². The summed E-state index contributed by atoms with van der Waals surface area (Å²) in [5.41, 5.74) is 1.92. The highest BCUT2D eigenvalue weighted by Gasteiger charge is 2.29. The number of nitriles is 2. The molecule has 2 atom stereocenters. The van der Waals surface area contributed by atoms with Crippen LogP contribution in [0.1, 0.15) is 25.3 Å². The van der Waals surface area contributed by atoms with E-state index in [1.165, 1.54) is 0 Å². The summed E-state index contributed by atoms with van der Waals surface area (Å²) < 4.78 is 1.79. The Hall–Kier alpha value is -3.98. The largest absolute Gasteiger partial charge is 0.365 e. The summed E-state index contributed by atoms with van der Waals surface area (Å²) in [5, 5.41) is 21.4. The van der Waals surface area contributed by atoms with Gasteiger partial charge in [-0.3, -0.25) is 9.20 Å². The maximum absolute atomic E-state index is 12.1. The number of hydrogen-bond donors (Lipinski definition) is 1. The van der Waals surface area contributed by atoms with E-state index >= 15 is 0 Å². The van der Waals surface area contributed by atoms with Crippen molar-refractivity contribution in [1.82, 2.24) is 24.3 Å². The number of fused-ring (bicyclic) bond motifs is 1. The van der Waals surface area contributed by atoms with E-state index in [4.69, 9.17) is 5.26 Å². The van der Waals surface area contributed by atoms with Crippen LogP contribution in [0.5, 0.6) is 0 Å². The molecule has 1 N–H and O–H groups in total. The summed E-state index contributed by atoms with van der Waals surface area (Å²) >= 11 is 0. The SMILES string of the molecule is C[C@@H]1CCN(C(=O)CC#N)CC1Nc1ccnc(-c2cnc3ccc(C#N)cn23)n1. The van der Waals surface area contributed by atoms with Crippen molar-refractivity contribution in [3.8, 4) is 23.7 Å². The van der Waals surface area contributed by atoms with Crippen LogP contribution in [0.15, 0.2) is 36.8 Å². The molecule has 3 aromatic rings. The van der Waals surface area contributed by atoms with E-state index in [0.29, 0.717) is 47.6 Å². The number of imidazole rings is 1. The Morgan fingerprint density at radius 1 is 1.30 bits per heavy atom. The van der Waals surface area contributed by atoms with Gasteiger partial charge in [0.15, 0.2) is 5.82 Å². The summed E-state index contributed by atoms with van der Waals surface area (Å²) in [4.78, 5) is 27.2. The second-order valence-electron chi connectivity index (χ2n) is 7.36. The lowest BCUT2D eigenvalue weighted by Crippen LogP contribution is -2.49. The third-order valence-electron chi connectivity index (χ3n) is 5.39. The van der Waals surface area contributed by atoms with Crippen LogP contribution in [-0.2, 0) is 4.79 Å². The van der Waals surface area contributed by atoms with Gasteiger partial charge in [0.25, 0.3) is 0 Å². The molecule has 0 saturated carbocycles. The van der Waals surface area contributed by atoms with Crippen molar-refractivity contribution in [2.24, 2.45) is 5.92 Å². The van der Waals surface area contributed by atoms with Gasteiger partial charge < -0.3 is 10.2 Å². The second-order valence-corrected chi connectivity index (χ2v) is 7.36. The minimum atomic E-state index is -0.140. The van der Waals surface area contributed by atoms with E-state index in [2.05, 4.69) is 33.3 Å². The van der Waals surface area contributed by atoms with Crippen LogP contribution in [0.2, 0.25) is 0 Å². The molecule has 3 aromatic heterocycles. The summed E-state index contributed by atoms with van der Waals surface area (Å²) in [5.74, 6) is 1.35. The molecule has 0 aromatic carbocycles. The predicted molar refractivity (Wildman–Crippen MR) is 109 cm³/mol. The number of nitrogens with one attached hydrogen (secondary N) is 1. The summed E-state index contributed by atoms with van der Waals surface area (Å²) in [7, 11) is 0. The van der Waals surface area contributed by atoms with E-state index in [0.717, 1.165) is 6.42 Å². The van der Waals surface area contributed by atoms with Crippen LogP contribution in [0, 0.1) is 28.6 Å². The topological polar surface area (TPSA) is 123 Å². The minimum Gasteiger partial charge on any atom is -0.365 e. The van der Waals surface area contributed by atoms with Gasteiger partial charge in [-0.2, -0.15) is 10.5 Å². The molecule has 1 aliphatic heterocycles. The lowest BCUT2D eigenvalue weighted by Gasteiger charge is -2.37. The molecule has 9 heteroatoms. The number of rotatable bonds is 4. The lowest BCUT2D eigenvalue weighted by atomic mass is 9.93. The van der Waals surface area contributed by atoms with E-state index in [1.807, 2.05) is 6.07 Å². The molecule has 30 heavy (non-hydrogen) atoms. The van der Waals surface area contributed by atoms with Crippen LogP contribution in [0.25, 0.3) is 17.2 Å². The molecule has 1 amide bonds. The van der Waals surface area contributed by atoms with Crippen LogP contribution >= 0.6 is 0 Å². The zero-order chi connectivity index (χ0) is 21.1. The fourth-order valence-electron chi connectivity index (χ4n) is 3.63. The first-order chi connectivity index (χ1) is 14.6. The van der Waals surface area contributed by atoms with Crippen molar-refractivity contribution in [3.05, 3.63) is 42.4 Å². The smallest absolute Gasteiger partial charge is 0.236 e. The molecular formula is C21H20N8O. The molecule has 9 nitrogen and oxygen atoms in total. The molecular weight excluding hydrogens is 380 g/mol. The van der Waals surface area contributed by atoms with Crippen molar-refractivity contribution in [3.63, 3.8) is 0 Å². The highest BCUT2D eigenvalue weighted by atomic mass is 16.2. The number of anilines is 1. The monoisotopic (exact) mass is 400 g/mol. The number of hydrogen-bond acceptors (Lipinski definition) is 7. The maximum atomic E-state index is 12.1. The molecule has 0 radical (unpaired) electrons. The number of aromatic nitrogens is 4. The summed E-state index contributed by atoms with van der Waals surface area (Å²) in [6, 6.07) is 9.36. The molecule has 0 aliphatic carbocycles. The number of carbonyl (C=O) groups is 1. The van der Waals surface area contributed by atoms with E-state index in [9.17, 15) is 10.1 Å². The van der Waals surface area contributed by atoms with Gasteiger partial charge >= 0.3 is 0 Å². The number of amides is 1.